The molecule has 1 saturated heterocycles. The van der Waals surface area contributed by atoms with E-state index in [1.54, 1.807) is 13.3 Å². The summed E-state index contributed by atoms with van der Waals surface area (Å²) in [6.45, 7) is 8.78. The van der Waals surface area contributed by atoms with E-state index < -0.39 is 0 Å². The van der Waals surface area contributed by atoms with Crippen molar-refractivity contribution in [3.05, 3.63) is 46.4 Å². The summed E-state index contributed by atoms with van der Waals surface area (Å²) in [4.78, 5) is 27.8. The predicted octanol–water partition coefficient (Wildman–Crippen LogP) is 4.23. The highest BCUT2D eigenvalue weighted by Crippen LogP contribution is 2.29. The normalized spacial score (nSPS) is 15.4. The number of benzene rings is 1. The molecule has 1 aliphatic rings. The molecule has 7 nitrogen and oxygen atoms in total. The van der Waals surface area contributed by atoms with E-state index in [0.717, 1.165) is 50.0 Å². The summed E-state index contributed by atoms with van der Waals surface area (Å²) in [7, 11) is 1.59. The minimum atomic E-state index is -0.216. The Kier molecular flexibility index (Phi) is 6.74. The SMILES string of the molecule is CCCc1cc(OC)c2c(=O)[nH]c(-c3ncccc3NC3CCN(C(C)C)CC3)nc2c1. The van der Waals surface area contributed by atoms with Gasteiger partial charge in [-0.3, -0.25) is 9.78 Å². The van der Waals surface area contributed by atoms with Crippen molar-refractivity contribution in [2.75, 3.05) is 25.5 Å². The van der Waals surface area contributed by atoms with Gasteiger partial charge in [0, 0.05) is 31.4 Å². The summed E-state index contributed by atoms with van der Waals surface area (Å²) in [6, 6.07) is 8.78. The number of nitrogens with zero attached hydrogens (tertiary/aromatic N) is 3. The molecule has 0 atom stereocenters. The van der Waals surface area contributed by atoms with Gasteiger partial charge in [-0.15, -0.1) is 0 Å². The Labute approximate surface area is 189 Å². The van der Waals surface area contributed by atoms with Crippen molar-refractivity contribution in [2.45, 2.75) is 58.5 Å². The maximum Gasteiger partial charge on any atom is 0.262 e. The maximum absolute atomic E-state index is 13.0. The second kappa shape index (κ2) is 9.69. The second-order valence-corrected chi connectivity index (χ2v) is 8.80. The average molecular weight is 436 g/mol. The second-order valence-electron chi connectivity index (χ2n) is 8.80. The Hall–Kier alpha value is -2.93. The summed E-state index contributed by atoms with van der Waals surface area (Å²) in [5.74, 6) is 1.03. The number of methoxy groups -OCH3 is 1. The Balaban J connectivity index is 1.68. The van der Waals surface area contributed by atoms with E-state index in [4.69, 9.17) is 9.72 Å². The summed E-state index contributed by atoms with van der Waals surface area (Å²) in [5, 5.41) is 4.13. The average Bonchev–Trinajstić information content (AvgIpc) is 2.79. The van der Waals surface area contributed by atoms with E-state index in [2.05, 4.69) is 41.0 Å². The number of nitrogens with one attached hydrogen (secondary N) is 2. The molecule has 170 valence electrons. The molecule has 7 heteroatoms. The maximum atomic E-state index is 13.0. The standard InChI is InChI=1S/C25H33N5O2/c1-5-7-17-14-20-22(21(15-17)32-4)25(31)29-24(28-20)23-19(8-6-11-26-23)27-18-9-12-30(13-10-18)16(2)3/h6,8,11,14-16,18,27H,5,7,9-10,12-13H2,1-4H3,(H,28,29,31). The number of hydrogen-bond acceptors (Lipinski definition) is 6. The molecule has 3 heterocycles. The highest BCUT2D eigenvalue weighted by Gasteiger charge is 2.22. The van der Waals surface area contributed by atoms with Gasteiger partial charge in [-0.05, 0) is 62.9 Å². The van der Waals surface area contributed by atoms with Crippen LogP contribution in [-0.2, 0) is 6.42 Å². The van der Waals surface area contributed by atoms with Crippen LogP contribution in [0, 0.1) is 0 Å². The zero-order valence-corrected chi connectivity index (χ0v) is 19.4. The Bertz CT molecular complexity index is 1130. The van der Waals surface area contributed by atoms with E-state index in [0.29, 0.717) is 40.3 Å². The molecular weight excluding hydrogens is 402 g/mol. The number of pyridine rings is 1. The summed E-state index contributed by atoms with van der Waals surface area (Å²) in [5.41, 5.74) is 3.09. The highest BCUT2D eigenvalue weighted by molar-refractivity contribution is 5.87. The van der Waals surface area contributed by atoms with E-state index >= 15 is 0 Å². The number of anilines is 1. The molecule has 0 spiro atoms. The Morgan fingerprint density at radius 2 is 2.06 bits per heavy atom. The van der Waals surface area contributed by atoms with E-state index in [9.17, 15) is 4.79 Å². The van der Waals surface area contributed by atoms with Gasteiger partial charge in [0.15, 0.2) is 5.82 Å². The van der Waals surface area contributed by atoms with Gasteiger partial charge in [-0.1, -0.05) is 13.3 Å². The zero-order valence-electron chi connectivity index (χ0n) is 19.4. The van der Waals surface area contributed by atoms with Crippen molar-refractivity contribution in [3.63, 3.8) is 0 Å². The number of H-pyrrole nitrogens is 1. The van der Waals surface area contributed by atoms with E-state index in [-0.39, 0.29) is 5.56 Å². The van der Waals surface area contributed by atoms with Crippen LogP contribution in [0.15, 0.2) is 35.3 Å². The molecule has 1 aromatic carbocycles. The van der Waals surface area contributed by atoms with Crippen LogP contribution in [0.2, 0.25) is 0 Å². The lowest BCUT2D eigenvalue weighted by molar-refractivity contribution is 0.177. The number of ether oxygens (including phenoxy) is 1. The third-order valence-corrected chi connectivity index (χ3v) is 6.24. The van der Waals surface area contributed by atoms with Gasteiger partial charge in [0.1, 0.15) is 16.8 Å². The highest BCUT2D eigenvalue weighted by atomic mass is 16.5. The van der Waals surface area contributed by atoms with Crippen molar-refractivity contribution < 1.29 is 4.74 Å². The fourth-order valence-electron chi connectivity index (χ4n) is 4.49. The lowest BCUT2D eigenvalue weighted by Crippen LogP contribution is -2.42. The Morgan fingerprint density at radius 1 is 1.28 bits per heavy atom. The van der Waals surface area contributed by atoms with Gasteiger partial charge >= 0.3 is 0 Å². The van der Waals surface area contributed by atoms with Crippen LogP contribution >= 0.6 is 0 Å². The third-order valence-electron chi connectivity index (χ3n) is 6.24. The molecule has 0 amide bonds. The predicted molar refractivity (Wildman–Crippen MR) is 129 cm³/mol. The molecule has 0 radical (unpaired) electrons. The molecule has 32 heavy (non-hydrogen) atoms. The fourth-order valence-corrected chi connectivity index (χ4v) is 4.49. The molecule has 0 aliphatic carbocycles. The van der Waals surface area contributed by atoms with Gasteiger partial charge < -0.3 is 19.9 Å². The fraction of sp³-hybridized carbons (Fsp3) is 0.480. The number of aromatic amines is 1. The van der Waals surface area contributed by atoms with Crippen LogP contribution < -0.4 is 15.6 Å². The van der Waals surface area contributed by atoms with E-state index in [1.807, 2.05) is 24.3 Å². The molecule has 1 aliphatic heterocycles. The zero-order chi connectivity index (χ0) is 22.7. The van der Waals surface area contributed by atoms with Gasteiger partial charge in [-0.25, -0.2) is 4.98 Å². The molecule has 0 saturated carbocycles. The van der Waals surface area contributed by atoms with Crippen molar-refractivity contribution in [1.82, 2.24) is 19.9 Å². The number of aryl methyl sites for hydroxylation is 1. The van der Waals surface area contributed by atoms with Crippen LogP contribution in [-0.4, -0.2) is 52.1 Å². The monoisotopic (exact) mass is 435 g/mol. The number of likely N-dealkylation sites (tertiary alicyclic amines) is 1. The molecule has 0 bridgehead atoms. The molecule has 3 aromatic rings. The molecular formula is C25H33N5O2. The van der Waals surface area contributed by atoms with E-state index in [1.165, 1.54) is 0 Å². The Morgan fingerprint density at radius 3 is 2.75 bits per heavy atom. The van der Waals surface area contributed by atoms with Gasteiger partial charge in [0.05, 0.1) is 18.3 Å². The number of fused-ring (bicyclic) bond motifs is 1. The van der Waals surface area contributed by atoms with Crippen LogP contribution in [0.1, 0.15) is 45.6 Å². The van der Waals surface area contributed by atoms with Gasteiger partial charge in [0.25, 0.3) is 5.56 Å². The van der Waals surface area contributed by atoms with Crippen molar-refractivity contribution >= 4 is 16.6 Å². The minimum Gasteiger partial charge on any atom is -0.496 e. The van der Waals surface area contributed by atoms with Crippen LogP contribution in [0.5, 0.6) is 5.75 Å². The molecule has 2 N–H and O–H groups in total. The van der Waals surface area contributed by atoms with Crippen molar-refractivity contribution in [3.8, 4) is 17.3 Å². The van der Waals surface area contributed by atoms with Crippen LogP contribution in [0.25, 0.3) is 22.4 Å². The summed E-state index contributed by atoms with van der Waals surface area (Å²) < 4.78 is 5.50. The first-order chi connectivity index (χ1) is 15.5. The van der Waals surface area contributed by atoms with Crippen LogP contribution in [0.4, 0.5) is 5.69 Å². The summed E-state index contributed by atoms with van der Waals surface area (Å²) >= 11 is 0. The lowest BCUT2D eigenvalue weighted by Gasteiger charge is -2.35. The number of rotatable bonds is 7. The smallest absolute Gasteiger partial charge is 0.262 e. The number of aromatic nitrogens is 3. The first-order valence-corrected chi connectivity index (χ1v) is 11.6. The number of hydrogen-bond donors (Lipinski definition) is 2. The molecule has 0 unspecified atom stereocenters. The first kappa shape index (κ1) is 22.3. The van der Waals surface area contributed by atoms with Crippen LogP contribution in [0.3, 0.4) is 0 Å². The minimum absolute atomic E-state index is 0.216. The largest absolute Gasteiger partial charge is 0.496 e. The molecule has 4 rings (SSSR count). The number of piperidine rings is 1. The molecule has 2 aromatic heterocycles. The quantitative estimate of drug-likeness (QED) is 0.578. The molecule has 1 fully saturated rings. The lowest BCUT2D eigenvalue weighted by atomic mass is 10.0. The summed E-state index contributed by atoms with van der Waals surface area (Å²) in [6.07, 6.45) is 5.80. The van der Waals surface area contributed by atoms with Gasteiger partial charge in [0.2, 0.25) is 0 Å². The first-order valence-electron chi connectivity index (χ1n) is 11.6. The topological polar surface area (TPSA) is 83.1 Å². The van der Waals surface area contributed by atoms with Gasteiger partial charge in [-0.2, -0.15) is 0 Å². The van der Waals surface area contributed by atoms with Crippen molar-refractivity contribution in [1.29, 1.82) is 0 Å². The third kappa shape index (κ3) is 4.63. The van der Waals surface area contributed by atoms with Crippen molar-refractivity contribution in [2.24, 2.45) is 0 Å².